The van der Waals surface area contributed by atoms with E-state index < -0.39 is 7.37 Å². The van der Waals surface area contributed by atoms with Gasteiger partial charge in [-0.05, 0) is 31.5 Å². The molecule has 1 aliphatic heterocycles. The predicted molar refractivity (Wildman–Crippen MR) is 105 cm³/mol. The molecular formula is C20H21N2O3P. The molecular weight excluding hydrogens is 347 g/mol. The highest BCUT2D eigenvalue weighted by atomic mass is 31.2. The number of benzene rings is 2. The zero-order chi connectivity index (χ0) is 18.7. The fourth-order valence-electron chi connectivity index (χ4n) is 3.03. The first kappa shape index (κ1) is 18.3. The number of ketones is 1. The Morgan fingerprint density at radius 3 is 2.19 bits per heavy atom. The molecule has 5 nitrogen and oxygen atoms in total. The summed E-state index contributed by atoms with van der Waals surface area (Å²) < 4.78 is 19.6. The zero-order valence-electron chi connectivity index (χ0n) is 15.0. The highest BCUT2D eigenvalue weighted by molar-refractivity contribution is 7.88. The predicted octanol–water partition coefficient (Wildman–Crippen LogP) is 5.11. The molecule has 2 aromatic rings. The maximum Gasteiger partial charge on any atom is 0.286 e. The van der Waals surface area contributed by atoms with Crippen LogP contribution in [0.3, 0.4) is 0 Å². The van der Waals surface area contributed by atoms with Gasteiger partial charge >= 0.3 is 0 Å². The third kappa shape index (κ3) is 3.16. The van der Waals surface area contributed by atoms with Crippen molar-refractivity contribution < 1.29 is 13.9 Å². The first-order chi connectivity index (χ1) is 12.5. The van der Waals surface area contributed by atoms with E-state index in [9.17, 15) is 9.36 Å². The molecule has 0 N–H and O–H groups in total. The van der Waals surface area contributed by atoms with Gasteiger partial charge in [0.2, 0.25) is 0 Å². The molecule has 0 amide bonds. The van der Waals surface area contributed by atoms with Crippen LogP contribution in [0.4, 0.5) is 5.69 Å². The van der Waals surface area contributed by atoms with E-state index in [-0.39, 0.29) is 17.8 Å². The lowest BCUT2D eigenvalue weighted by Gasteiger charge is -2.33. The fourth-order valence-corrected chi connectivity index (χ4v) is 5.49. The maximum absolute atomic E-state index is 13.9. The summed E-state index contributed by atoms with van der Waals surface area (Å²) in [5.41, 5.74) is 2.20. The van der Waals surface area contributed by atoms with E-state index in [4.69, 9.17) is 4.52 Å². The highest BCUT2D eigenvalue weighted by Gasteiger charge is 2.44. The van der Waals surface area contributed by atoms with Gasteiger partial charge in [-0.3, -0.25) is 9.36 Å². The Morgan fingerprint density at radius 2 is 1.65 bits per heavy atom. The van der Waals surface area contributed by atoms with Gasteiger partial charge in [0.25, 0.3) is 7.37 Å². The summed E-state index contributed by atoms with van der Waals surface area (Å²) in [6.45, 7) is 5.20. The van der Waals surface area contributed by atoms with Gasteiger partial charge in [0.15, 0.2) is 11.2 Å². The SMILES string of the molecule is CCOP1(=O)C(C(C)=O)=NN(c2ccccc2)C(C)=C1c1ccccc1. The van der Waals surface area contributed by atoms with E-state index >= 15 is 0 Å². The molecule has 1 aliphatic rings. The van der Waals surface area contributed by atoms with E-state index in [0.29, 0.717) is 11.0 Å². The van der Waals surface area contributed by atoms with Crippen LogP contribution in [0.5, 0.6) is 0 Å². The third-order valence-corrected chi connectivity index (χ3v) is 6.86. The Bertz CT molecular complexity index is 921. The second kappa shape index (κ2) is 7.40. The molecule has 1 unspecified atom stereocenters. The third-order valence-electron chi connectivity index (χ3n) is 4.10. The summed E-state index contributed by atoms with van der Waals surface area (Å²) in [5, 5.41) is 6.61. The van der Waals surface area contributed by atoms with Crippen LogP contribution >= 0.6 is 7.37 Å². The minimum Gasteiger partial charge on any atom is -0.321 e. The minimum atomic E-state index is -3.59. The topological polar surface area (TPSA) is 59.0 Å². The van der Waals surface area contributed by atoms with E-state index in [1.807, 2.05) is 67.6 Å². The Labute approximate surface area is 153 Å². The summed E-state index contributed by atoms with van der Waals surface area (Å²) in [6, 6.07) is 18.9. The van der Waals surface area contributed by atoms with Gasteiger partial charge in [-0.1, -0.05) is 48.5 Å². The number of rotatable bonds is 5. The Hall–Kier alpha value is -2.49. The van der Waals surface area contributed by atoms with Crippen LogP contribution in [-0.4, -0.2) is 17.8 Å². The van der Waals surface area contributed by atoms with Crippen LogP contribution in [0.2, 0.25) is 0 Å². The van der Waals surface area contributed by atoms with Gasteiger partial charge in [0.1, 0.15) is 0 Å². The molecule has 2 aromatic carbocycles. The molecule has 0 aliphatic carbocycles. The molecule has 134 valence electrons. The van der Waals surface area contributed by atoms with Gasteiger partial charge in [0.05, 0.1) is 23.3 Å². The smallest absolute Gasteiger partial charge is 0.286 e. The van der Waals surface area contributed by atoms with Crippen LogP contribution in [0.1, 0.15) is 26.3 Å². The average molecular weight is 368 g/mol. The Kier molecular flexibility index (Phi) is 5.21. The summed E-state index contributed by atoms with van der Waals surface area (Å²) in [7, 11) is -3.59. The van der Waals surface area contributed by atoms with Crippen molar-refractivity contribution in [1.29, 1.82) is 0 Å². The van der Waals surface area contributed by atoms with E-state index in [2.05, 4.69) is 5.10 Å². The van der Waals surface area contributed by atoms with Crippen LogP contribution in [0, 0.1) is 0 Å². The van der Waals surface area contributed by atoms with Crippen molar-refractivity contribution in [3.8, 4) is 0 Å². The largest absolute Gasteiger partial charge is 0.321 e. The van der Waals surface area contributed by atoms with Gasteiger partial charge in [-0.2, -0.15) is 5.10 Å². The summed E-state index contributed by atoms with van der Waals surface area (Å²) in [4.78, 5) is 12.3. The Morgan fingerprint density at radius 1 is 1.08 bits per heavy atom. The molecule has 0 aromatic heterocycles. The molecule has 0 fully saturated rings. The average Bonchev–Trinajstić information content (AvgIpc) is 2.63. The minimum absolute atomic E-state index is 0.0346. The normalized spacial score (nSPS) is 20.1. The van der Waals surface area contributed by atoms with Crippen molar-refractivity contribution in [2.75, 3.05) is 11.6 Å². The number of allylic oxidation sites excluding steroid dienone is 1. The lowest BCUT2D eigenvalue weighted by Crippen LogP contribution is -2.27. The molecule has 0 bridgehead atoms. The van der Waals surface area contributed by atoms with Crippen molar-refractivity contribution in [2.45, 2.75) is 20.8 Å². The van der Waals surface area contributed by atoms with Gasteiger partial charge in [0, 0.05) is 6.92 Å². The number of nitrogens with zero attached hydrogens (tertiary/aromatic N) is 2. The van der Waals surface area contributed by atoms with Crippen molar-refractivity contribution in [3.63, 3.8) is 0 Å². The summed E-state index contributed by atoms with van der Waals surface area (Å²) in [6.07, 6.45) is 0. The van der Waals surface area contributed by atoms with E-state index in [1.165, 1.54) is 6.92 Å². The van der Waals surface area contributed by atoms with Crippen LogP contribution in [0.15, 0.2) is 71.5 Å². The lowest BCUT2D eigenvalue weighted by molar-refractivity contribution is -0.110. The summed E-state index contributed by atoms with van der Waals surface area (Å²) in [5.74, 6) is -0.358. The summed E-state index contributed by atoms with van der Waals surface area (Å²) >= 11 is 0. The van der Waals surface area contributed by atoms with Crippen LogP contribution in [-0.2, 0) is 13.9 Å². The fraction of sp³-hybridized carbons (Fsp3) is 0.200. The lowest BCUT2D eigenvalue weighted by atomic mass is 10.2. The van der Waals surface area contributed by atoms with Gasteiger partial charge in [-0.15, -0.1) is 0 Å². The molecule has 0 spiro atoms. The van der Waals surface area contributed by atoms with Gasteiger partial charge in [-0.25, -0.2) is 5.01 Å². The molecule has 6 heteroatoms. The number of carbonyl (C=O) groups is 1. The van der Waals surface area contributed by atoms with E-state index in [1.54, 1.807) is 11.9 Å². The number of hydrogen-bond donors (Lipinski definition) is 0. The zero-order valence-corrected chi connectivity index (χ0v) is 15.9. The quantitative estimate of drug-likeness (QED) is 0.688. The van der Waals surface area contributed by atoms with Crippen LogP contribution < -0.4 is 5.01 Å². The van der Waals surface area contributed by atoms with E-state index in [0.717, 1.165) is 11.3 Å². The first-order valence-electron chi connectivity index (χ1n) is 8.45. The van der Waals surface area contributed by atoms with Crippen LogP contribution in [0.25, 0.3) is 5.31 Å². The monoisotopic (exact) mass is 368 g/mol. The molecule has 3 rings (SSSR count). The van der Waals surface area contributed by atoms with Gasteiger partial charge < -0.3 is 4.52 Å². The second-order valence-electron chi connectivity index (χ2n) is 5.90. The van der Waals surface area contributed by atoms with Crippen molar-refractivity contribution in [2.24, 2.45) is 5.10 Å². The molecule has 0 saturated heterocycles. The molecule has 0 radical (unpaired) electrons. The molecule has 0 saturated carbocycles. The Balaban J connectivity index is 2.30. The number of carbonyl (C=O) groups excluding carboxylic acids is 1. The van der Waals surface area contributed by atoms with Crippen molar-refractivity contribution >= 4 is 29.6 Å². The molecule has 26 heavy (non-hydrogen) atoms. The number of anilines is 1. The number of hydrazone groups is 1. The van der Waals surface area contributed by atoms with Crippen molar-refractivity contribution in [3.05, 3.63) is 71.9 Å². The maximum atomic E-state index is 13.9. The number of hydrogen-bond acceptors (Lipinski definition) is 5. The van der Waals surface area contributed by atoms with Crippen molar-refractivity contribution in [1.82, 2.24) is 0 Å². The number of para-hydroxylation sites is 1. The first-order valence-corrected chi connectivity index (χ1v) is 10.1. The molecule has 1 heterocycles. The second-order valence-corrected chi connectivity index (χ2v) is 8.13. The highest BCUT2D eigenvalue weighted by Crippen LogP contribution is 2.64. The number of Topliss-reactive ketones (excluding diaryl/α,β-unsaturated/α-hetero) is 1. The molecule has 1 atom stereocenters. The standard InChI is InChI=1S/C20H21N2O3P/c1-4-25-26(24)19(17-11-7-5-8-12-17)15(2)22(21-20(26)16(3)23)18-13-9-6-10-14-18/h5-14H,4H2,1-3H3.